The molecule has 0 radical (unpaired) electrons. The van der Waals surface area contributed by atoms with Gasteiger partial charge < -0.3 is 10.4 Å². The van der Waals surface area contributed by atoms with Crippen molar-refractivity contribution < 1.29 is 14.7 Å². The number of nitrogens with one attached hydrogen (secondary N) is 1. The van der Waals surface area contributed by atoms with Gasteiger partial charge >= 0.3 is 0 Å². The van der Waals surface area contributed by atoms with Crippen LogP contribution in [0.3, 0.4) is 0 Å². The number of hydrogen-bond donors (Lipinski definition) is 2. The largest absolute Gasteiger partial charge is 0.506 e. The summed E-state index contributed by atoms with van der Waals surface area (Å²) in [5, 5.41) is 12.7. The fourth-order valence-electron chi connectivity index (χ4n) is 2.38. The van der Waals surface area contributed by atoms with Crippen LogP contribution < -0.4 is 10.2 Å². The first kappa shape index (κ1) is 13.2. The van der Waals surface area contributed by atoms with E-state index in [9.17, 15) is 14.7 Å². The number of nitrogens with zero attached hydrogens (tertiary/aromatic N) is 1. The van der Waals surface area contributed by atoms with Crippen LogP contribution in [0.25, 0.3) is 0 Å². The van der Waals surface area contributed by atoms with Gasteiger partial charge in [0, 0.05) is 0 Å². The van der Waals surface area contributed by atoms with Crippen LogP contribution in [-0.4, -0.2) is 23.0 Å². The van der Waals surface area contributed by atoms with E-state index >= 15 is 0 Å². The summed E-state index contributed by atoms with van der Waals surface area (Å²) in [6.07, 6.45) is 0.0715. The molecule has 5 heteroatoms. The lowest BCUT2D eigenvalue weighted by atomic mass is 10.2. The number of carbonyl (C=O) groups excluding carboxylic acids is 2. The monoisotopic (exact) mass is 282 g/mol. The highest BCUT2D eigenvalue weighted by molar-refractivity contribution is 6.23. The first-order valence-electron chi connectivity index (χ1n) is 6.63. The van der Waals surface area contributed by atoms with Crippen LogP contribution in [0.2, 0.25) is 0 Å². The molecule has 106 valence electrons. The van der Waals surface area contributed by atoms with E-state index in [4.69, 9.17) is 0 Å². The van der Waals surface area contributed by atoms with E-state index in [1.807, 2.05) is 6.07 Å². The van der Waals surface area contributed by atoms with E-state index in [0.29, 0.717) is 11.4 Å². The Morgan fingerprint density at radius 3 is 2.38 bits per heavy atom. The number of amides is 2. The third kappa shape index (κ3) is 2.45. The van der Waals surface area contributed by atoms with Crippen LogP contribution in [0, 0.1) is 0 Å². The number of rotatable bonds is 3. The van der Waals surface area contributed by atoms with Crippen molar-refractivity contribution in [3.05, 3.63) is 54.6 Å². The van der Waals surface area contributed by atoms with Gasteiger partial charge in [0.15, 0.2) is 0 Å². The lowest BCUT2D eigenvalue weighted by Crippen LogP contribution is -2.34. The number of imide groups is 1. The third-order valence-electron chi connectivity index (χ3n) is 3.39. The van der Waals surface area contributed by atoms with Crippen LogP contribution >= 0.6 is 0 Å². The molecule has 3 rings (SSSR count). The zero-order valence-electron chi connectivity index (χ0n) is 11.2. The molecule has 1 heterocycles. The second-order valence-electron chi connectivity index (χ2n) is 4.82. The number of phenolic OH excluding ortho intramolecular Hbond substituents is 1. The van der Waals surface area contributed by atoms with Gasteiger partial charge in [0.1, 0.15) is 11.8 Å². The predicted molar refractivity (Wildman–Crippen MR) is 79.1 cm³/mol. The lowest BCUT2D eigenvalue weighted by molar-refractivity contribution is -0.121. The number of aromatic hydroxyl groups is 1. The average molecular weight is 282 g/mol. The summed E-state index contributed by atoms with van der Waals surface area (Å²) in [4.78, 5) is 25.6. The normalized spacial score (nSPS) is 18.1. The van der Waals surface area contributed by atoms with Gasteiger partial charge in [0.05, 0.1) is 17.8 Å². The average Bonchev–Trinajstić information content (AvgIpc) is 2.77. The van der Waals surface area contributed by atoms with E-state index < -0.39 is 6.04 Å². The van der Waals surface area contributed by atoms with Gasteiger partial charge in [-0.05, 0) is 24.3 Å². The predicted octanol–water partition coefficient (Wildman–Crippen LogP) is 2.14. The molecule has 2 N–H and O–H groups in total. The van der Waals surface area contributed by atoms with Crippen molar-refractivity contribution in [2.75, 3.05) is 10.2 Å². The van der Waals surface area contributed by atoms with Crippen LogP contribution in [0.5, 0.6) is 5.75 Å². The van der Waals surface area contributed by atoms with Gasteiger partial charge in [-0.2, -0.15) is 0 Å². The van der Waals surface area contributed by atoms with Crippen molar-refractivity contribution in [2.24, 2.45) is 0 Å². The van der Waals surface area contributed by atoms with E-state index in [-0.39, 0.29) is 24.0 Å². The molecular formula is C16H14N2O3. The molecule has 2 aromatic rings. The summed E-state index contributed by atoms with van der Waals surface area (Å²) < 4.78 is 0. The van der Waals surface area contributed by atoms with Crippen molar-refractivity contribution in [3.63, 3.8) is 0 Å². The quantitative estimate of drug-likeness (QED) is 0.668. The molecule has 2 aromatic carbocycles. The number of phenols is 1. The highest BCUT2D eigenvalue weighted by Gasteiger charge is 2.39. The summed E-state index contributed by atoms with van der Waals surface area (Å²) in [5.74, 6) is -0.510. The van der Waals surface area contributed by atoms with E-state index in [1.165, 1.54) is 11.0 Å². The Labute approximate surface area is 121 Å². The number of para-hydroxylation sites is 3. The molecule has 5 nitrogen and oxygen atoms in total. The SMILES string of the molecule is O=C1C[C@H](Nc2ccccc2O)C(=O)N1c1ccccc1. The molecule has 0 spiro atoms. The number of carbonyl (C=O) groups is 2. The van der Waals surface area contributed by atoms with Crippen LogP contribution in [0.15, 0.2) is 54.6 Å². The molecule has 0 unspecified atom stereocenters. The van der Waals surface area contributed by atoms with Crippen LogP contribution in [-0.2, 0) is 9.59 Å². The number of hydrogen-bond acceptors (Lipinski definition) is 4. The molecule has 21 heavy (non-hydrogen) atoms. The van der Waals surface area contributed by atoms with Crippen molar-refractivity contribution in [1.82, 2.24) is 0 Å². The molecule has 0 saturated carbocycles. The number of benzene rings is 2. The summed E-state index contributed by atoms with van der Waals surface area (Å²) in [7, 11) is 0. The minimum absolute atomic E-state index is 0.0518. The Hall–Kier alpha value is -2.82. The van der Waals surface area contributed by atoms with Gasteiger partial charge in [-0.3, -0.25) is 9.59 Å². The molecule has 1 aliphatic heterocycles. The van der Waals surface area contributed by atoms with Crippen LogP contribution in [0.1, 0.15) is 6.42 Å². The topological polar surface area (TPSA) is 69.6 Å². The second kappa shape index (κ2) is 5.28. The van der Waals surface area contributed by atoms with Gasteiger partial charge in [-0.15, -0.1) is 0 Å². The molecule has 2 amide bonds. The van der Waals surface area contributed by atoms with Gasteiger partial charge in [0.25, 0.3) is 5.91 Å². The maximum absolute atomic E-state index is 12.4. The fourth-order valence-corrected chi connectivity index (χ4v) is 2.38. The van der Waals surface area contributed by atoms with Crippen molar-refractivity contribution in [1.29, 1.82) is 0 Å². The van der Waals surface area contributed by atoms with Gasteiger partial charge in [-0.25, -0.2) is 4.90 Å². The summed E-state index contributed by atoms with van der Waals surface area (Å²) in [6.45, 7) is 0. The Morgan fingerprint density at radius 1 is 1.00 bits per heavy atom. The molecule has 1 saturated heterocycles. The minimum atomic E-state index is -0.661. The highest BCUT2D eigenvalue weighted by Crippen LogP contribution is 2.28. The third-order valence-corrected chi connectivity index (χ3v) is 3.39. The van der Waals surface area contributed by atoms with E-state index in [0.717, 1.165) is 0 Å². The maximum Gasteiger partial charge on any atom is 0.256 e. The second-order valence-corrected chi connectivity index (χ2v) is 4.82. The lowest BCUT2D eigenvalue weighted by Gasteiger charge is -2.16. The fraction of sp³-hybridized carbons (Fsp3) is 0.125. The maximum atomic E-state index is 12.4. The van der Waals surface area contributed by atoms with Crippen molar-refractivity contribution in [2.45, 2.75) is 12.5 Å². The Kier molecular flexibility index (Phi) is 3.31. The van der Waals surface area contributed by atoms with E-state index in [1.54, 1.807) is 42.5 Å². The Morgan fingerprint density at radius 2 is 1.67 bits per heavy atom. The van der Waals surface area contributed by atoms with Crippen molar-refractivity contribution in [3.8, 4) is 5.75 Å². The Bertz CT molecular complexity index is 685. The highest BCUT2D eigenvalue weighted by atomic mass is 16.3. The number of anilines is 2. The summed E-state index contributed by atoms with van der Waals surface area (Å²) in [5.41, 5.74) is 1.01. The summed E-state index contributed by atoms with van der Waals surface area (Å²) >= 11 is 0. The summed E-state index contributed by atoms with van der Waals surface area (Å²) in [6, 6.07) is 14.8. The van der Waals surface area contributed by atoms with Gasteiger partial charge in [-0.1, -0.05) is 30.3 Å². The zero-order chi connectivity index (χ0) is 14.8. The standard InChI is InChI=1S/C16H14N2O3/c19-14-9-5-4-8-12(14)17-13-10-15(20)18(16(13)21)11-6-2-1-3-7-11/h1-9,13,17,19H,10H2/t13-/m0/s1. The molecular weight excluding hydrogens is 268 g/mol. The zero-order valence-corrected chi connectivity index (χ0v) is 11.2. The smallest absolute Gasteiger partial charge is 0.256 e. The first-order chi connectivity index (χ1) is 10.2. The minimum Gasteiger partial charge on any atom is -0.506 e. The van der Waals surface area contributed by atoms with E-state index in [2.05, 4.69) is 5.32 Å². The molecule has 1 atom stereocenters. The molecule has 1 aliphatic rings. The van der Waals surface area contributed by atoms with Crippen LogP contribution in [0.4, 0.5) is 11.4 Å². The molecule has 0 aromatic heterocycles. The Balaban J connectivity index is 1.83. The van der Waals surface area contributed by atoms with Crippen molar-refractivity contribution >= 4 is 23.2 Å². The molecule has 1 fully saturated rings. The first-order valence-corrected chi connectivity index (χ1v) is 6.63. The molecule has 0 bridgehead atoms. The molecule has 0 aliphatic carbocycles. The van der Waals surface area contributed by atoms with Gasteiger partial charge in [0.2, 0.25) is 5.91 Å².